The van der Waals surface area contributed by atoms with Crippen molar-refractivity contribution in [2.24, 2.45) is 5.73 Å². The predicted octanol–water partition coefficient (Wildman–Crippen LogP) is 1.05. The van der Waals surface area contributed by atoms with Crippen molar-refractivity contribution in [3.8, 4) is 0 Å². The van der Waals surface area contributed by atoms with E-state index in [9.17, 15) is 4.79 Å². The van der Waals surface area contributed by atoms with E-state index in [-0.39, 0.29) is 0 Å². The second-order valence-electron chi connectivity index (χ2n) is 5.05. The molecule has 0 radical (unpaired) electrons. The lowest BCUT2D eigenvalue weighted by Gasteiger charge is -2.08. The Kier molecular flexibility index (Phi) is 7.22. The molecule has 5 nitrogen and oxygen atoms in total. The summed E-state index contributed by atoms with van der Waals surface area (Å²) in [5.41, 5.74) is 7.60. The molecule has 5 heteroatoms. The Morgan fingerprint density at radius 1 is 1.05 bits per heavy atom. The Hall–Kier alpha value is -1.43. The van der Waals surface area contributed by atoms with Crippen LogP contribution in [0.1, 0.15) is 36.8 Å². The number of aliphatic carboxylic acids is 1. The second-order valence-corrected chi connectivity index (χ2v) is 5.05. The van der Waals surface area contributed by atoms with Crippen LogP contribution in [0.15, 0.2) is 24.3 Å². The number of aliphatic hydroxyl groups excluding tert-OH is 1. The number of carboxylic acid groups (broad SMARTS) is 1. The van der Waals surface area contributed by atoms with E-state index >= 15 is 0 Å². The summed E-state index contributed by atoms with van der Waals surface area (Å²) in [4.78, 5) is 10.7. The van der Waals surface area contributed by atoms with Crippen molar-refractivity contribution in [2.75, 3.05) is 0 Å². The number of rotatable bonds is 9. The third kappa shape index (κ3) is 6.65. The molecule has 1 atom stereocenters. The number of carboxylic acids is 1. The van der Waals surface area contributed by atoms with Gasteiger partial charge in [0, 0.05) is 0 Å². The topological polar surface area (TPSA) is 104 Å². The van der Waals surface area contributed by atoms with E-state index in [1.807, 2.05) is 24.3 Å². The fourth-order valence-corrected chi connectivity index (χ4v) is 2.02. The second kappa shape index (κ2) is 8.68. The third-order valence-electron chi connectivity index (χ3n) is 3.22. The zero-order valence-corrected chi connectivity index (χ0v) is 11.5. The summed E-state index contributed by atoms with van der Waals surface area (Å²) in [6.45, 7) is 0. The highest BCUT2D eigenvalue weighted by atomic mass is 16.5. The Morgan fingerprint density at radius 3 is 2.20 bits per heavy atom. The van der Waals surface area contributed by atoms with Gasteiger partial charge in [-0.15, -0.1) is 0 Å². The van der Waals surface area contributed by atoms with E-state index in [1.165, 1.54) is 5.56 Å². The summed E-state index contributed by atoms with van der Waals surface area (Å²) < 4.78 is 0. The lowest BCUT2D eigenvalue weighted by molar-refractivity contribution is -0.138. The number of aryl methyl sites for hydroxylation is 1. The minimum atomic E-state index is -1.20. The van der Waals surface area contributed by atoms with Crippen LogP contribution in [0.2, 0.25) is 0 Å². The molecule has 1 aromatic rings. The summed E-state index contributed by atoms with van der Waals surface area (Å²) in [6, 6.07) is 6.95. The van der Waals surface area contributed by atoms with Gasteiger partial charge in [-0.3, -0.25) is 4.79 Å². The highest BCUT2D eigenvalue weighted by molar-refractivity contribution is 5.73. The molecule has 0 aliphatic rings. The standard InChI is InChI=1S/C15H23NO4/c16-13(15(19)20)10-12-8-6-11(7-9-12)4-2-1-3-5-14(17)18/h6-9,13-14,17-18H,1-5,10,16H2,(H,19,20)/t13-/m0/s1. The van der Waals surface area contributed by atoms with Crippen LogP contribution >= 0.6 is 0 Å². The fraction of sp³-hybridized carbons (Fsp3) is 0.533. The Labute approximate surface area is 119 Å². The van der Waals surface area contributed by atoms with E-state index in [1.54, 1.807) is 0 Å². The lowest BCUT2D eigenvalue weighted by Crippen LogP contribution is -2.32. The number of unbranched alkanes of at least 4 members (excludes halogenated alkanes) is 2. The van der Waals surface area contributed by atoms with E-state index in [2.05, 4.69) is 0 Å². The zero-order valence-electron chi connectivity index (χ0n) is 11.5. The monoisotopic (exact) mass is 281 g/mol. The van der Waals surface area contributed by atoms with Crippen LogP contribution in [-0.2, 0) is 17.6 Å². The van der Waals surface area contributed by atoms with Crippen LogP contribution in [-0.4, -0.2) is 33.6 Å². The summed E-state index contributed by atoms with van der Waals surface area (Å²) in [6.07, 6.45) is 3.27. The van der Waals surface area contributed by atoms with Gasteiger partial charge in [0.2, 0.25) is 0 Å². The number of benzene rings is 1. The first-order chi connectivity index (χ1) is 9.49. The summed E-state index contributed by atoms with van der Waals surface area (Å²) in [7, 11) is 0. The molecule has 5 N–H and O–H groups in total. The van der Waals surface area contributed by atoms with Crippen molar-refractivity contribution in [2.45, 2.75) is 50.9 Å². The molecule has 0 unspecified atom stereocenters. The van der Waals surface area contributed by atoms with Gasteiger partial charge in [-0.1, -0.05) is 30.7 Å². The first-order valence-corrected chi connectivity index (χ1v) is 6.91. The molecule has 0 fully saturated rings. The molecule has 0 amide bonds. The molecular weight excluding hydrogens is 258 g/mol. The molecule has 0 spiro atoms. The molecule has 1 aromatic carbocycles. The van der Waals surface area contributed by atoms with Gasteiger partial charge >= 0.3 is 5.97 Å². The number of hydrogen-bond donors (Lipinski definition) is 4. The van der Waals surface area contributed by atoms with Crippen LogP contribution in [0.25, 0.3) is 0 Å². The average Bonchev–Trinajstić information content (AvgIpc) is 2.39. The fourth-order valence-electron chi connectivity index (χ4n) is 2.02. The summed E-state index contributed by atoms with van der Waals surface area (Å²) in [5.74, 6) is -0.986. The van der Waals surface area contributed by atoms with E-state index < -0.39 is 18.3 Å². The Morgan fingerprint density at radius 2 is 1.65 bits per heavy atom. The molecule has 20 heavy (non-hydrogen) atoms. The van der Waals surface area contributed by atoms with Crippen molar-refractivity contribution in [1.29, 1.82) is 0 Å². The molecule has 1 rings (SSSR count). The maximum atomic E-state index is 10.7. The summed E-state index contributed by atoms with van der Waals surface area (Å²) >= 11 is 0. The number of carbonyl (C=O) groups is 1. The molecule has 0 saturated heterocycles. The van der Waals surface area contributed by atoms with Gasteiger partial charge in [0.25, 0.3) is 0 Å². The van der Waals surface area contributed by atoms with E-state index in [4.69, 9.17) is 21.1 Å². The SMILES string of the molecule is N[C@@H](Cc1ccc(CCCCCC(O)O)cc1)C(=O)O. The highest BCUT2D eigenvalue weighted by Gasteiger charge is 2.11. The zero-order chi connectivity index (χ0) is 15.0. The van der Waals surface area contributed by atoms with Crippen LogP contribution in [0.5, 0.6) is 0 Å². The molecular formula is C15H23NO4. The van der Waals surface area contributed by atoms with Crippen molar-refractivity contribution < 1.29 is 20.1 Å². The molecule has 0 heterocycles. The quantitative estimate of drug-likeness (QED) is 0.400. The van der Waals surface area contributed by atoms with Crippen molar-refractivity contribution in [3.05, 3.63) is 35.4 Å². The molecule has 112 valence electrons. The minimum Gasteiger partial charge on any atom is -0.480 e. The Bertz CT molecular complexity index is 403. The van der Waals surface area contributed by atoms with Gasteiger partial charge in [0.1, 0.15) is 6.04 Å². The smallest absolute Gasteiger partial charge is 0.320 e. The Balaban J connectivity index is 2.30. The van der Waals surface area contributed by atoms with Crippen molar-refractivity contribution >= 4 is 5.97 Å². The number of aliphatic hydroxyl groups is 2. The maximum Gasteiger partial charge on any atom is 0.320 e. The average molecular weight is 281 g/mol. The van der Waals surface area contributed by atoms with Gasteiger partial charge in [-0.2, -0.15) is 0 Å². The van der Waals surface area contributed by atoms with Gasteiger partial charge in [-0.05, 0) is 43.2 Å². The van der Waals surface area contributed by atoms with Crippen LogP contribution in [0.4, 0.5) is 0 Å². The van der Waals surface area contributed by atoms with Crippen LogP contribution in [0, 0.1) is 0 Å². The normalized spacial score (nSPS) is 12.6. The van der Waals surface area contributed by atoms with Gasteiger partial charge < -0.3 is 21.1 Å². The van der Waals surface area contributed by atoms with E-state index in [0.717, 1.165) is 31.2 Å². The largest absolute Gasteiger partial charge is 0.480 e. The first kappa shape index (κ1) is 16.6. The molecule has 0 saturated carbocycles. The van der Waals surface area contributed by atoms with Crippen molar-refractivity contribution in [1.82, 2.24) is 0 Å². The minimum absolute atomic E-state index is 0.337. The lowest BCUT2D eigenvalue weighted by atomic mass is 10.0. The molecule has 0 aliphatic heterocycles. The number of nitrogens with two attached hydrogens (primary N) is 1. The van der Waals surface area contributed by atoms with Crippen LogP contribution in [0.3, 0.4) is 0 Å². The molecule has 0 bridgehead atoms. The highest BCUT2D eigenvalue weighted by Crippen LogP contribution is 2.11. The van der Waals surface area contributed by atoms with E-state index in [0.29, 0.717) is 12.8 Å². The van der Waals surface area contributed by atoms with Gasteiger partial charge in [0.05, 0.1) is 0 Å². The number of hydrogen-bond acceptors (Lipinski definition) is 4. The van der Waals surface area contributed by atoms with Crippen molar-refractivity contribution in [3.63, 3.8) is 0 Å². The first-order valence-electron chi connectivity index (χ1n) is 6.91. The third-order valence-corrected chi connectivity index (χ3v) is 3.22. The predicted molar refractivity (Wildman–Crippen MR) is 76.2 cm³/mol. The van der Waals surface area contributed by atoms with Gasteiger partial charge in [-0.25, -0.2) is 0 Å². The molecule has 0 aliphatic carbocycles. The van der Waals surface area contributed by atoms with Crippen LogP contribution < -0.4 is 5.73 Å². The molecule has 0 aromatic heterocycles. The summed E-state index contributed by atoms with van der Waals surface area (Å²) in [5, 5.41) is 26.2. The van der Waals surface area contributed by atoms with Gasteiger partial charge in [0.15, 0.2) is 6.29 Å². The maximum absolute atomic E-state index is 10.7.